The van der Waals surface area contributed by atoms with Gasteiger partial charge in [0.25, 0.3) is 0 Å². The van der Waals surface area contributed by atoms with Crippen LogP contribution < -0.4 is 5.32 Å². The lowest BCUT2D eigenvalue weighted by Gasteiger charge is -2.36. The van der Waals surface area contributed by atoms with Crippen LogP contribution in [0.15, 0.2) is 24.3 Å². The maximum atomic E-state index is 3.78. The molecule has 0 radical (unpaired) electrons. The number of aryl methyl sites for hydroxylation is 1. The van der Waals surface area contributed by atoms with Crippen molar-refractivity contribution in [1.29, 1.82) is 0 Å². The van der Waals surface area contributed by atoms with E-state index in [1.807, 2.05) is 0 Å². The molecular weight excluding hydrogens is 220 g/mol. The largest absolute Gasteiger partial charge is 0.307 e. The smallest absolute Gasteiger partial charge is 0.0294 e. The molecular formula is C16H26N2. The van der Waals surface area contributed by atoms with E-state index in [4.69, 9.17) is 0 Å². The van der Waals surface area contributed by atoms with Gasteiger partial charge in [0.2, 0.25) is 0 Å². The van der Waals surface area contributed by atoms with Crippen molar-refractivity contribution in [3.63, 3.8) is 0 Å². The second-order valence-electron chi connectivity index (χ2n) is 5.85. The van der Waals surface area contributed by atoms with E-state index in [0.29, 0.717) is 18.1 Å². The minimum Gasteiger partial charge on any atom is -0.307 e. The molecule has 1 aromatic carbocycles. The van der Waals surface area contributed by atoms with E-state index < -0.39 is 0 Å². The average molecular weight is 246 g/mol. The summed E-state index contributed by atoms with van der Waals surface area (Å²) in [6, 6.07) is 10.7. The second kappa shape index (κ2) is 5.85. The van der Waals surface area contributed by atoms with Gasteiger partial charge in [-0.15, -0.1) is 0 Å². The molecule has 2 nitrogen and oxygen atoms in total. The minimum atomic E-state index is 0.450. The quantitative estimate of drug-likeness (QED) is 0.881. The van der Waals surface area contributed by atoms with Gasteiger partial charge >= 0.3 is 0 Å². The number of hydrogen-bond donors (Lipinski definition) is 1. The highest BCUT2D eigenvalue weighted by atomic mass is 15.1. The molecule has 1 fully saturated rings. The van der Waals surface area contributed by atoms with Crippen LogP contribution in [0, 0.1) is 6.92 Å². The summed E-state index contributed by atoms with van der Waals surface area (Å²) in [5, 5.41) is 3.78. The van der Waals surface area contributed by atoms with Gasteiger partial charge in [-0.3, -0.25) is 0 Å². The van der Waals surface area contributed by atoms with Gasteiger partial charge < -0.3 is 10.2 Å². The van der Waals surface area contributed by atoms with Gasteiger partial charge in [-0.1, -0.05) is 29.8 Å². The maximum absolute atomic E-state index is 3.78. The van der Waals surface area contributed by atoms with Crippen molar-refractivity contribution < 1.29 is 0 Å². The van der Waals surface area contributed by atoms with Crippen LogP contribution in [0.1, 0.15) is 43.9 Å². The minimum absolute atomic E-state index is 0.450. The first-order valence-corrected chi connectivity index (χ1v) is 7.09. The average Bonchev–Trinajstić information content (AvgIpc) is 2.34. The molecule has 1 N–H and O–H groups in total. The number of likely N-dealkylation sites (tertiary alicyclic amines) is 1. The summed E-state index contributed by atoms with van der Waals surface area (Å²) in [5.41, 5.74) is 2.73. The molecule has 0 amide bonds. The van der Waals surface area contributed by atoms with Crippen LogP contribution in [0.4, 0.5) is 0 Å². The third-order valence-electron chi connectivity index (χ3n) is 4.27. The summed E-state index contributed by atoms with van der Waals surface area (Å²) in [7, 11) is 2.23. The molecule has 3 atom stereocenters. The highest BCUT2D eigenvalue weighted by molar-refractivity contribution is 5.23. The van der Waals surface area contributed by atoms with Crippen molar-refractivity contribution in [3.05, 3.63) is 35.4 Å². The Labute approximate surface area is 111 Å². The summed E-state index contributed by atoms with van der Waals surface area (Å²) in [6.07, 6.45) is 2.52. The van der Waals surface area contributed by atoms with Crippen LogP contribution >= 0.6 is 0 Å². The van der Waals surface area contributed by atoms with Crippen molar-refractivity contribution in [2.75, 3.05) is 13.6 Å². The molecule has 100 valence electrons. The van der Waals surface area contributed by atoms with Gasteiger partial charge in [0, 0.05) is 18.1 Å². The molecule has 0 spiro atoms. The lowest BCUT2D eigenvalue weighted by Crippen LogP contribution is -2.46. The monoisotopic (exact) mass is 246 g/mol. The topological polar surface area (TPSA) is 15.3 Å². The van der Waals surface area contributed by atoms with Crippen molar-refractivity contribution in [2.24, 2.45) is 0 Å². The van der Waals surface area contributed by atoms with Crippen LogP contribution in [0.3, 0.4) is 0 Å². The Balaban J connectivity index is 1.91. The number of rotatable bonds is 3. The molecule has 1 saturated heterocycles. The standard InChI is InChI=1S/C16H26N2/c1-12-5-7-15(8-6-12)14(3)17-16-9-10-18(4)13(2)11-16/h5-8,13-14,16-17H,9-11H2,1-4H3/t13?,14-,16?/m1/s1. The van der Waals surface area contributed by atoms with E-state index in [1.54, 1.807) is 0 Å². The molecule has 2 heteroatoms. The summed E-state index contributed by atoms with van der Waals surface area (Å²) in [5.74, 6) is 0. The Morgan fingerprint density at radius 2 is 1.94 bits per heavy atom. The predicted octanol–water partition coefficient (Wildman–Crippen LogP) is 3.13. The normalized spacial score (nSPS) is 27.1. The van der Waals surface area contributed by atoms with Crippen LogP contribution in [-0.4, -0.2) is 30.6 Å². The molecule has 0 aliphatic carbocycles. The van der Waals surface area contributed by atoms with E-state index >= 15 is 0 Å². The Morgan fingerprint density at radius 1 is 1.28 bits per heavy atom. The molecule has 2 rings (SSSR count). The molecule has 18 heavy (non-hydrogen) atoms. The fourth-order valence-corrected chi connectivity index (χ4v) is 2.75. The van der Waals surface area contributed by atoms with Crippen LogP contribution in [0.5, 0.6) is 0 Å². The third kappa shape index (κ3) is 3.33. The second-order valence-corrected chi connectivity index (χ2v) is 5.85. The van der Waals surface area contributed by atoms with Gasteiger partial charge in [-0.05, 0) is 52.8 Å². The van der Waals surface area contributed by atoms with Crippen LogP contribution in [0.2, 0.25) is 0 Å². The van der Waals surface area contributed by atoms with E-state index in [9.17, 15) is 0 Å². The van der Waals surface area contributed by atoms with Gasteiger partial charge in [-0.2, -0.15) is 0 Å². The highest BCUT2D eigenvalue weighted by Crippen LogP contribution is 2.20. The molecule has 1 aliphatic rings. The molecule has 1 aliphatic heterocycles. The van der Waals surface area contributed by atoms with Crippen molar-refractivity contribution in [3.8, 4) is 0 Å². The Kier molecular flexibility index (Phi) is 4.41. The molecule has 2 unspecified atom stereocenters. The number of hydrogen-bond acceptors (Lipinski definition) is 2. The first-order valence-electron chi connectivity index (χ1n) is 7.09. The third-order valence-corrected chi connectivity index (χ3v) is 4.27. The zero-order chi connectivity index (χ0) is 13.1. The first kappa shape index (κ1) is 13.6. The van der Waals surface area contributed by atoms with Crippen molar-refractivity contribution >= 4 is 0 Å². The number of piperidine rings is 1. The molecule has 1 heterocycles. The zero-order valence-corrected chi connectivity index (χ0v) is 12.1. The van der Waals surface area contributed by atoms with E-state index in [-0.39, 0.29) is 0 Å². The first-order chi connectivity index (χ1) is 8.56. The number of nitrogens with one attached hydrogen (secondary N) is 1. The maximum Gasteiger partial charge on any atom is 0.0294 e. The van der Waals surface area contributed by atoms with Crippen molar-refractivity contribution in [1.82, 2.24) is 10.2 Å². The summed E-state index contributed by atoms with van der Waals surface area (Å²) in [4.78, 5) is 2.45. The zero-order valence-electron chi connectivity index (χ0n) is 12.1. The summed E-state index contributed by atoms with van der Waals surface area (Å²) >= 11 is 0. The SMILES string of the molecule is Cc1ccc([C@@H](C)NC2CCN(C)C(C)C2)cc1. The lowest BCUT2D eigenvalue weighted by atomic mass is 9.97. The van der Waals surface area contributed by atoms with Gasteiger partial charge in [0.15, 0.2) is 0 Å². The van der Waals surface area contributed by atoms with Gasteiger partial charge in [-0.25, -0.2) is 0 Å². The van der Waals surface area contributed by atoms with Gasteiger partial charge in [0.05, 0.1) is 0 Å². The highest BCUT2D eigenvalue weighted by Gasteiger charge is 2.23. The fourth-order valence-electron chi connectivity index (χ4n) is 2.75. The Morgan fingerprint density at radius 3 is 2.56 bits per heavy atom. The van der Waals surface area contributed by atoms with E-state index in [0.717, 1.165) is 0 Å². The van der Waals surface area contributed by atoms with Crippen LogP contribution in [-0.2, 0) is 0 Å². The predicted molar refractivity (Wildman–Crippen MR) is 77.8 cm³/mol. The fraction of sp³-hybridized carbons (Fsp3) is 0.625. The Hall–Kier alpha value is -0.860. The lowest BCUT2D eigenvalue weighted by molar-refractivity contribution is 0.163. The summed E-state index contributed by atoms with van der Waals surface area (Å²) < 4.78 is 0. The van der Waals surface area contributed by atoms with Crippen LogP contribution in [0.25, 0.3) is 0 Å². The number of nitrogens with zero attached hydrogens (tertiary/aromatic N) is 1. The van der Waals surface area contributed by atoms with Crippen molar-refractivity contribution in [2.45, 2.75) is 51.7 Å². The molecule has 0 saturated carbocycles. The van der Waals surface area contributed by atoms with Gasteiger partial charge in [0.1, 0.15) is 0 Å². The number of benzene rings is 1. The molecule has 1 aromatic rings. The van der Waals surface area contributed by atoms with E-state index in [1.165, 1.54) is 30.5 Å². The molecule has 0 aromatic heterocycles. The summed E-state index contributed by atoms with van der Waals surface area (Å²) in [6.45, 7) is 7.94. The molecule has 0 bridgehead atoms. The van der Waals surface area contributed by atoms with E-state index in [2.05, 4.69) is 62.3 Å². The Bertz CT molecular complexity index is 371.